The first-order chi connectivity index (χ1) is 13.2. The molecule has 1 N–H and O–H groups in total. The van der Waals surface area contributed by atoms with Gasteiger partial charge in [0.1, 0.15) is 0 Å². The molecule has 1 amide bonds. The predicted molar refractivity (Wildman–Crippen MR) is 108 cm³/mol. The van der Waals surface area contributed by atoms with Crippen molar-refractivity contribution in [1.82, 2.24) is 20.1 Å². The first-order valence-electron chi connectivity index (χ1n) is 9.25. The van der Waals surface area contributed by atoms with Gasteiger partial charge in [-0.15, -0.1) is 0 Å². The molecule has 2 heterocycles. The number of carbonyl (C=O) groups is 1. The number of nitrogens with one attached hydrogen (secondary N) is 1. The summed E-state index contributed by atoms with van der Waals surface area (Å²) in [7, 11) is 0. The van der Waals surface area contributed by atoms with Crippen molar-refractivity contribution >= 4 is 21.8 Å². The van der Waals surface area contributed by atoms with Crippen molar-refractivity contribution in [3.8, 4) is 11.4 Å². The van der Waals surface area contributed by atoms with Gasteiger partial charge in [-0.05, 0) is 59.1 Å². The van der Waals surface area contributed by atoms with Gasteiger partial charge < -0.3 is 5.32 Å². The molecule has 4 rings (SSSR count). The lowest BCUT2D eigenvalue weighted by atomic mass is 10.2. The van der Waals surface area contributed by atoms with Crippen LogP contribution >= 0.6 is 15.9 Å². The molecule has 1 fully saturated rings. The number of nitrogens with zero attached hydrogens (tertiary/aromatic N) is 3. The van der Waals surface area contributed by atoms with Crippen LogP contribution in [0.4, 0.5) is 0 Å². The van der Waals surface area contributed by atoms with E-state index in [1.807, 2.05) is 42.5 Å². The van der Waals surface area contributed by atoms with Gasteiger partial charge in [0.05, 0.1) is 35.2 Å². The van der Waals surface area contributed by atoms with E-state index in [4.69, 9.17) is 5.10 Å². The summed E-state index contributed by atoms with van der Waals surface area (Å²) < 4.78 is 2.89. The number of hydrogen-bond donors (Lipinski definition) is 1. The van der Waals surface area contributed by atoms with Crippen molar-refractivity contribution in [3.63, 3.8) is 0 Å². The molecule has 0 spiro atoms. The van der Waals surface area contributed by atoms with Crippen LogP contribution in [-0.4, -0.2) is 20.7 Å². The fourth-order valence-electron chi connectivity index (χ4n) is 3.58. The number of hydrogen-bond acceptors (Lipinski definition) is 3. The van der Waals surface area contributed by atoms with E-state index in [1.54, 1.807) is 12.3 Å². The summed E-state index contributed by atoms with van der Waals surface area (Å²) in [6.45, 7) is 0.389. The second-order valence-corrected chi connectivity index (χ2v) is 7.64. The maximum absolute atomic E-state index is 12.5. The highest BCUT2D eigenvalue weighted by Crippen LogP contribution is 2.33. The van der Waals surface area contributed by atoms with E-state index in [9.17, 15) is 4.79 Å². The highest BCUT2D eigenvalue weighted by atomic mass is 79.9. The lowest BCUT2D eigenvalue weighted by Crippen LogP contribution is -2.23. The van der Waals surface area contributed by atoms with E-state index in [0.29, 0.717) is 18.2 Å². The Morgan fingerprint density at radius 2 is 1.93 bits per heavy atom. The average molecular weight is 425 g/mol. The zero-order chi connectivity index (χ0) is 18.6. The average Bonchev–Trinajstić information content (AvgIpc) is 3.37. The second kappa shape index (κ2) is 8.05. The van der Waals surface area contributed by atoms with E-state index in [0.717, 1.165) is 34.4 Å². The molecule has 1 aliphatic rings. The van der Waals surface area contributed by atoms with Crippen LogP contribution in [0, 0.1) is 0 Å². The standard InChI is InChI=1S/C21H21BrN4O/c22-18-10-4-3-9-17(18)21(27)24-14-15-13-20(19-11-5-6-12-23-19)26(25-15)16-7-1-2-8-16/h3-6,9-13,16H,1-2,7-8,14H2,(H,24,27). The summed E-state index contributed by atoms with van der Waals surface area (Å²) in [5.41, 5.74) is 3.41. The largest absolute Gasteiger partial charge is 0.346 e. The number of amides is 1. The van der Waals surface area contributed by atoms with Crippen molar-refractivity contribution in [3.05, 3.63) is 70.5 Å². The zero-order valence-corrected chi connectivity index (χ0v) is 16.5. The maximum Gasteiger partial charge on any atom is 0.252 e. The zero-order valence-electron chi connectivity index (χ0n) is 14.9. The van der Waals surface area contributed by atoms with Gasteiger partial charge in [0.25, 0.3) is 5.91 Å². The number of benzene rings is 1. The summed E-state index contributed by atoms with van der Waals surface area (Å²) in [4.78, 5) is 17.0. The van der Waals surface area contributed by atoms with Crippen LogP contribution in [0.2, 0.25) is 0 Å². The fourth-order valence-corrected chi connectivity index (χ4v) is 4.04. The Morgan fingerprint density at radius 1 is 1.15 bits per heavy atom. The topological polar surface area (TPSA) is 59.8 Å². The van der Waals surface area contributed by atoms with E-state index in [1.165, 1.54) is 12.8 Å². The van der Waals surface area contributed by atoms with Crippen molar-refractivity contribution in [1.29, 1.82) is 0 Å². The number of pyridine rings is 1. The van der Waals surface area contributed by atoms with Crippen molar-refractivity contribution in [2.45, 2.75) is 38.3 Å². The van der Waals surface area contributed by atoms with Crippen molar-refractivity contribution in [2.75, 3.05) is 0 Å². The normalized spacial score (nSPS) is 14.4. The van der Waals surface area contributed by atoms with Gasteiger partial charge in [-0.25, -0.2) is 0 Å². The van der Waals surface area contributed by atoms with Crippen LogP contribution in [0.25, 0.3) is 11.4 Å². The van der Waals surface area contributed by atoms with Gasteiger partial charge in [0.2, 0.25) is 0 Å². The van der Waals surface area contributed by atoms with E-state index < -0.39 is 0 Å². The first kappa shape index (κ1) is 17.9. The number of aromatic nitrogens is 3. The number of rotatable bonds is 5. The van der Waals surface area contributed by atoms with Crippen LogP contribution in [0.15, 0.2) is 59.2 Å². The number of halogens is 1. The minimum Gasteiger partial charge on any atom is -0.346 e. The quantitative estimate of drug-likeness (QED) is 0.642. The Balaban J connectivity index is 1.56. The third-order valence-corrected chi connectivity index (χ3v) is 5.62. The van der Waals surface area contributed by atoms with Gasteiger partial charge in [-0.1, -0.05) is 31.0 Å². The summed E-state index contributed by atoms with van der Waals surface area (Å²) >= 11 is 3.43. The minimum absolute atomic E-state index is 0.114. The Bertz CT molecular complexity index is 932. The SMILES string of the molecule is O=C(NCc1cc(-c2ccccn2)n(C2CCCC2)n1)c1ccccc1Br. The van der Waals surface area contributed by atoms with Crippen molar-refractivity contribution in [2.24, 2.45) is 0 Å². The predicted octanol–water partition coefficient (Wildman–Crippen LogP) is 4.75. The molecular formula is C21H21BrN4O. The molecule has 3 aromatic rings. The second-order valence-electron chi connectivity index (χ2n) is 6.78. The van der Waals surface area contributed by atoms with Crippen molar-refractivity contribution < 1.29 is 4.79 Å². The lowest BCUT2D eigenvalue weighted by Gasteiger charge is -2.13. The Kier molecular flexibility index (Phi) is 5.34. The van der Waals surface area contributed by atoms with E-state index in [2.05, 4.69) is 30.9 Å². The third kappa shape index (κ3) is 3.95. The Morgan fingerprint density at radius 3 is 2.67 bits per heavy atom. The Hall–Kier alpha value is -2.47. The highest BCUT2D eigenvalue weighted by Gasteiger charge is 2.22. The molecule has 1 aliphatic carbocycles. The van der Waals surface area contributed by atoms with Crippen LogP contribution < -0.4 is 5.32 Å². The molecule has 27 heavy (non-hydrogen) atoms. The van der Waals surface area contributed by atoms with Crippen LogP contribution in [0.5, 0.6) is 0 Å². The summed E-state index contributed by atoms with van der Waals surface area (Å²) in [6.07, 6.45) is 6.56. The molecule has 0 bridgehead atoms. The molecule has 2 aromatic heterocycles. The summed E-state index contributed by atoms with van der Waals surface area (Å²) in [6, 6.07) is 15.8. The molecule has 6 heteroatoms. The van der Waals surface area contributed by atoms with Gasteiger partial charge in [-0.2, -0.15) is 5.10 Å². The van der Waals surface area contributed by atoms with Crippen LogP contribution in [0.3, 0.4) is 0 Å². The van der Waals surface area contributed by atoms with Gasteiger partial charge in [-0.3, -0.25) is 14.5 Å². The van der Waals surface area contributed by atoms with E-state index in [-0.39, 0.29) is 5.91 Å². The lowest BCUT2D eigenvalue weighted by molar-refractivity contribution is 0.0949. The van der Waals surface area contributed by atoms with Crippen LogP contribution in [0.1, 0.15) is 47.8 Å². The molecule has 0 unspecified atom stereocenters. The molecule has 0 aliphatic heterocycles. The Labute approximate surface area is 167 Å². The molecule has 0 saturated heterocycles. The third-order valence-electron chi connectivity index (χ3n) is 4.93. The molecular weight excluding hydrogens is 404 g/mol. The van der Waals surface area contributed by atoms with Crippen LogP contribution in [-0.2, 0) is 6.54 Å². The van der Waals surface area contributed by atoms with Gasteiger partial charge >= 0.3 is 0 Å². The molecule has 1 saturated carbocycles. The maximum atomic E-state index is 12.5. The number of carbonyl (C=O) groups excluding carboxylic acids is 1. The summed E-state index contributed by atoms with van der Waals surface area (Å²) in [5.74, 6) is -0.114. The molecule has 0 radical (unpaired) electrons. The van der Waals surface area contributed by atoms with Gasteiger partial charge in [0.15, 0.2) is 0 Å². The molecule has 138 valence electrons. The highest BCUT2D eigenvalue weighted by molar-refractivity contribution is 9.10. The van der Waals surface area contributed by atoms with Gasteiger partial charge in [0, 0.05) is 10.7 Å². The smallest absolute Gasteiger partial charge is 0.252 e. The molecule has 5 nitrogen and oxygen atoms in total. The first-order valence-corrected chi connectivity index (χ1v) is 10.0. The molecule has 1 aromatic carbocycles. The van der Waals surface area contributed by atoms with E-state index >= 15 is 0 Å². The molecule has 0 atom stereocenters. The fraction of sp³-hybridized carbons (Fsp3) is 0.286. The minimum atomic E-state index is -0.114. The monoisotopic (exact) mass is 424 g/mol. The summed E-state index contributed by atoms with van der Waals surface area (Å²) in [5, 5.41) is 7.78.